The number of hydrogen-bond acceptors (Lipinski definition) is 3. The Morgan fingerprint density at radius 2 is 1.42 bits per heavy atom. The maximum atomic E-state index is 12.8. The number of rotatable bonds is 5. The Morgan fingerprint density at radius 3 is 2.04 bits per heavy atom. The van der Waals surface area contributed by atoms with Gasteiger partial charge in [-0.1, -0.05) is 46.3 Å². The van der Waals surface area contributed by atoms with Crippen molar-refractivity contribution in [1.29, 1.82) is 0 Å². The number of aromatic nitrogens is 1. The van der Waals surface area contributed by atoms with Crippen molar-refractivity contribution in [2.75, 3.05) is 0 Å². The zero-order chi connectivity index (χ0) is 17.0. The minimum atomic E-state index is -3.66. The molecule has 0 radical (unpaired) electrons. The fourth-order valence-corrected chi connectivity index (χ4v) is 3.84. The summed E-state index contributed by atoms with van der Waals surface area (Å²) in [4.78, 5) is 4.23. The van der Waals surface area contributed by atoms with Crippen molar-refractivity contribution in [3.8, 4) is 0 Å². The molecule has 6 heteroatoms. The first-order chi connectivity index (χ1) is 11.6. The summed E-state index contributed by atoms with van der Waals surface area (Å²) >= 11 is 3.31. The summed E-state index contributed by atoms with van der Waals surface area (Å²) in [5.41, 5.74) is 1.70. The lowest BCUT2D eigenvalue weighted by molar-refractivity contribution is 0.572. The third kappa shape index (κ3) is 3.90. The molecule has 1 heterocycles. The van der Waals surface area contributed by atoms with Gasteiger partial charge in [0.25, 0.3) is 0 Å². The number of nitrogens with one attached hydrogen (secondary N) is 1. The third-order valence-corrected chi connectivity index (χ3v) is 5.54. The summed E-state index contributed by atoms with van der Waals surface area (Å²) < 4.78 is 29.1. The van der Waals surface area contributed by atoms with Gasteiger partial charge in [0.05, 0.1) is 10.9 Å². The zero-order valence-electron chi connectivity index (χ0n) is 12.6. The van der Waals surface area contributed by atoms with Crippen LogP contribution < -0.4 is 4.72 Å². The van der Waals surface area contributed by atoms with E-state index in [0.29, 0.717) is 0 Å². The van der Waals surface area contributed by atoms with Crippen LogP contribution in [0.5, 0.6) is 0 Å². The van der Waals surface area contributed by atoms with Crippen LogP contribution in [0.25, 0.3) is 0 Å². The van der Waals surface area contributed by atoms with Gasteiger partial charge in [-0.25, -0.2) is 8.42 Å². The van der Waals surface area contributed by atoms with Crippen LogP contribution in [0.2, 0.25) is 0 Å². The van der Waals surface area contributed by atoms with Gasteiger partial charge in [-0.05, 0) is 47.5 Å². The number of hydrogen-bond donors (Lipinski definition) is 1. The molecule has 3 aromatic rings. The van der Waals surface area contributed by atoms with E-state index in [9.17, 15) is 8.42 Å². The van der Waals surface area contributed by atoms with E-state index in [-0.39, 0.29) is 4.90 Å². The number of pyridine rings is 1. The number of halogens is 1. The van der Waals surface area contributed by atoms with Crippen LogP contribution >= 0.6 is 15.9 Å². The Morgan fingerprint density at radius 1 is 0.833 bits per heavy atom. The standard InChI is InChI=1S/C18H15BrN2O2S/c19-16-6-8-17(9-7-16)24(22,23)21-18(14-4-2-1-3-5-14)15-10-12-20-13-11-15/h1-13,18,21H. The van der Waals surface area contributed by atoms with Crippen LogP contribution in [0.4, 0.5) is 0 Å². The topological polar surface area (TPSA) is 59.1 Å². The molecule has 24 heavy (non-hydrogen) atoms. The Bertz CT molecular complexity index is 859. The SMILES string of the molecule is O=S(=O)(NC(c1ccccc1)c1ccncc1)c1ccc(Br)cc1. The van der Waals surface area contributed by atoms with Gasteiger partial charge in [0.15, 0.2) is 0 Å². The summed E-state index contributed by atoms with van der Waals surface area (Å²) in [5.74, 6) is 0. The molecule has 0 spiro atoms. The van der Waals surface area contributed by atoms with Crippen molar-refractivity contribution in [2.24, 2.45) is 0 Å². The quantitative estimate of drug-likeness (QED) is 0.703. The molecule has 3 rings (SSSR count). The minimum absolute atomic E-state index is 0.223. The van der Waals surface area contributed by atoms with E-state index in [1.54, 1.807) is 36.7 Å². The predicted octanol–water partition coefficient (Wildman–Crippen LogP) is 3.91. The van der Waals surface area contributed by atoms with Crippen LogP contribution in [-0.2, 0) is 10.0 Å². The second kappa shape index (κ2) is 7.25. The van der Waals surface area contributed by atoms with Crippen molar-refractivity contribution in [3.05, 3.63) is 94.7 Å². The van der Waals surface area contributed by atoms with Crippen molar-refractivity contribution >= 4 is 26.0 Å². The van der Waals surface area contributed by atoms with Gasteiger partial charge in [0.1, 0.15) is 0 Å². The zero-order valence-corrected chi connectivity index (χ0v) is 15.0. The Labute approximate surface area is 149 Å². The lowest BCUT2D eigenvalue weighted by atomic mass is 10.0. The van der Waals surface area contributed by atoms with E-state index in [0.717, 1.165) is 15.6 Å². The molecule has 0 fully saturated rings. The molecule has 1 unspecified atom stereocenters. The normalized spacial score (nSPS) is 12.7. The number of sulfonamides is 1. The van der Waals surface area contributed by atoms with Gasteiger partial charge >= 0.3 is 0 Å². The highest BCUT2D eigenvalue weighted by Gasteiger charge is 2.22. The highest BCUT2D eigenvalue weighted by Crippen LogP contribution is 2.24. The largest absolute Gasteiger partial charge is 0.265 e. The Balaban J connectivity index is 1.99. The summed E-state index contributed by atoms with van der Waals surface area (Å²) in [6, 6.07) is 19.2. The minimum Gasteiger partial charge on any atom is -0.265 e. The van der Waals surface area contributed by atoms with Crippen LogP contribution in [-0.4, -0.2) is 13.4 Å². The second-order valence-electron chi connectivity index (χ2n) is 5.20. The molecule has 0 saturated heterocycles. The first-order valence-corrected chi connectivity index (χ1v) is 9.57. The third-order valence-electron chi connectivity index (χ3n) is 3.57. The van der Waals surface area contributed by atoms with Crippen LogP contribution in [0, 0.1) is 0 Å². The van der Waals surface area contributed by atoms with Crippen LogP contribution in [0.3, 0.4) is 0 Å². The van der Waals surface area contributed by atoms with E-state index in [1.807, 2.05) is 42.5 Å². The molecular weight excluding hydrogens is 388 g/mol. The fourth-order valence-electron chi connectivity index (χ4n) is 2.37. The van der Waals surface area contributed by atoms with E-state index in [2.05, 4.69) is 25.6 Å². The maximum Gasteiger partial charge on any atom is 0.241 e. The van der Waals surface area contributed by atoms with Crippen molar-refractivity contribution in [2.45, 2.75) is 10.9 Å². The van der Waals surface area contributed by atoms with Crippen LogP contribution in [0.1, 0.15) is 17.2 Å². The van der Waals surface area contributed by atoms with Crippen LogP contribution in [0.15, 0.2) is 88.5 Å². The fraction of sp³-hybridized carbons (Fsp3) is 0.0556. The lowest BCUT2D eigenvalue weighted by Gasteiger charge is -2.19. The van der Waals surface area contributed by atoms with Gasteiger partial charge < -0.3 is 0 Å². The van der Waals surface area contributed by atoms with E-state index >= 15 is 0 Å². The molecule has 0 bridgehead atoms. The van der Waals surface area contributed by atoms with E-state index < -0.39 is 16.1 Å². The van der Waals surface area contributed by atoms with Gasteiger partial charge in [-0.3, -0.25) is 4.98 Å². The molecule has 0 amide bonds. The summed E-state index contributed by atoms with van der Waals surface area (Å²) in [6.45, 7) is 0. The summed E-state index contributed by atoms with van der Waals surface area (Å²) in [6.07, 6.45) is 3.30. The van der Waals surface area contributed by atoms with Gasteiger partial charge in [0.2, 0.25) is 10.0 Å². The molecule has 1 aromatic heterocycles. The average molecular weight is 403 g/mol. The molecule has 2 aromatic carbocycles. The highest BCUT2D eigenvalue weighted by atomic mass is 79.9. The molecule has 0 aliphatic carbocycles. The second-order valence-corrected chi connectivity index (χ2v) is 7.83. The molecule has 122 valence electrons. The Hall–Kier alpha value is -2.02. The molecule has 4 nitrogen and oxygen atoms in total. The average Bonchev–Trinajstić information content (AvgIpc) is 2.62. The number of benzene rings is 2. The first kappa shape index (κ1) is 16.8. The highest BCUT2D eigenvalue weighted by molar-refractivity contribution is 9.10. The maximum absolute atomic E-state index is 12.8. The summed E-state index contributed by atoms with van der Waals surface area (Å²) in [7, 11) is -3.66. The molecule has 0 aliphatic rings. The van der Waals surface area contributed by atoms with Crippen molar-refractivity contribution in [3.63, 3.8) is 0 Å². The van der Waals surface area contributed by atoms with Crippen molar-refractivity contribution < 1.29 is 8.42 Å². The number of nitrogens with zero attached hydrogens (tertiary/aromatic N) is 1. The summed E-state index contributed by atoms with van der Waals surface area (Å²) in [5, 5.41) is 0. The van der Waals surface area contributed by atoms with Gasteiger partial charge in [-0.2, -0.15) is 4.72 Å². The van der Waals surface area contributed by atoms with E-state index in [1.165, 1.54) is 0 Å². The molecule has 0 saturated carbocycles. The molecule has 0 aliphatic heterocycles. The first-order valence-electron chi connectivity index (χ1n) is 7.29. The van der Waals surface area contributed by atoms with Crippen molar-refractivity contribution in [1.82, 2.24) is 9.71 Å². The lowest BCUT2D eigenvalue weighted by Crippen LogP contribution is -2.29. The predicted molar refractivity (Wildman–Crippen MR) is 97.0 cm³/mol. The van der Waals surface area contributed by atoms with Gasteiger partial charge in [-0.15, -0.1) is 0 Å². The molecule has 1 N–H and O–H groups in total. The molecule has 1 atom stereocenters. The Kier molecular flexibility index (Phi) is 5.08. The van der Waals surface area contributed by atoms with E-state index in [4.69, 9.17) is 0 Å². The smallest absolute Gasteiger partial charge is 0.241 e. The van der Waals surface area contributed by atoms with Gasteiger partial charge in [0, 0.05) is 16.9 Å². The molecular formula is C18H15BrN2O2S. The monoisotopic (exact) mass is 402 g/mol.